The fourth-order valence-electron chi connectivity index (χ4n) is 1.08. The summed E-state index contributed by atoms with van der Waals surface area (Å²) in [6.45, 7) is 0. The van der Waals surface area contributed by atoms with E-state index in [0.29, 0.717) is 0 Å². The molecule has 1 fully saturated rings. The second kappa shape index (κ2) is 3.42. The fraction of sp³-hybridized carbons (Fsp3) is 0.833. The largest absolute Gasteiger partial charge is 0.544 e. The maximum Gasteiger partial charge on any atom is 0.239 e. The lowest BCUT2D eigenvalue weighted by atomic mass is 9.96. The van der Waals surface area contributed by atoms with Crippen LogP contribution in [0.1, 0.15) is 0 Å². The number of ether oxygens (including phenoxy) is 1. The van der Waals surface area contributed by atoms with Gasteiger partial charge in [0, 0.05) is 0 Å². The van der Waals surface area contributed by atoms with E-state index >= 15 is 0 Å². The quantitative estimate of drug-likeness (QED) is 0.287. The van der Waals surface area contributed by atoms with E-state index in [1.165, 1.54) is 0 Å². The molecule has 0 amide bonds. The summed E-state index contributed by atoms with van der Waals surface area (Å²) in [6.07, 6.45) is -8.41. The Balaban J connectivity index is 2.96. The molecule has 0 aromatic rings. The van der Waals surface area contributed by atoms with Gasteiger partial charge in [-0.2, -0.15) is 0 Å². The molecule has 5 unspecified atom stereocenters. The van der Waals surface area contributed by atoms with Crippen LogP contribution in [-0.4, -0.2) is 61.9 Å². The van der Waals surface area contributed by atoms with Crippen molar-refractivity contribution in [1.29, 1.82) is 0 Å². The molecule has 82 valence electrons. The van der Waals surface area contributed by atoms with Gasteiger partial charge in [0.25, 0.3) is 0 Å². The average Bonchev–Trinajstić information content (AvgIpc) is 2.11. The molecule has 0 radical (unpaired) electrons. The molecule has 1 saturated heterocycles. The third-order valence-electron chi connectivity index (χ3n) is 1.96. The maximum atomic E-state index is 10.3. The third-order valence-corrected chi connectivity index (χ3v) is 1.96. The monoisotopic (exact) mass is 209 g/mol. The number of aliphatic hydroxyl groups is 5. The Hall–Kier alpha value is -0.770. The number of aliphatic hydroxyl groups excluding tert-OH is 4. The summed E-state index contributed by atoms with van der Waals surface area (Å²) in [4.78, 5) is 10.3. The zero-order valence-electron chi connectivity index (χ0n) is 6.77. The molecule has 8 heteroatoms. The molecule has 0 aliphatic carbocycles. The van der Waals surface area contributed by atoms with Crippen molar-refractivity contribution in [3.05, 3.63) is 0 Å². The first-order valence-electron chi connectivity index (χ1n) is 3.64. The van der Waals surface area contributed by atoms with Crippen LogP contribution in [0, 0.1) is 0 Å². The molecule has 0 aromatic heterocycles. The van der Waals surface area contributed by atoms with Crippen LogP contribution in [0.15, 0.2) is 0 Å². The summed E-state index contributed by atoms with van der Waals surface area (Å²) in [5.41, 5.74) is 0. The minimum Gasteiger partial charge on any atom is -0.544 e. The molecular weight excluding hydrogens is 200 g/mol. The van der Waals surface area contributed by atoms with Crippen molar-refractivity contribution in [2.45, 2.75) is 30.4 Å². The lowest BCUT2D eigenvalue weighted by molar-refractivity contribution is -0.413. The van der Waals surface area contributed by atoms with Gasteiger partial charge in [-0.15, -0.1) is 0 Å². The molecule has 1 aliphatic rings. The van der Waals surface area contributed by atoms with Crippen LogP contribution >= 0.6 is 0 Å². The van der Waals surface area contributed by atoms with Crippen molar-refractivity contribution < 1.29 is 40.2 Å². The summed E-state index contributed by atoms with van der Waals surface area (Å²) >= 11 is 0. The molecule has 1 aliphatic heterocycles. The number of rotatable bonds is 1. The average molecular weight is 209 g/mol. The Kier molecular flexibility index (Phi) is 2.76. The molecule has 0 aromatic carbocycles. The van der Waals surface area contributed by atoms with E-state index in [1.807, 2.05) is 0 Å². The fourth-order valence-corrected chi connectivity index (χ4v) is 1.08. The minimum absolute atomic E-state index is 1.91. The van der Waals surface area contributed by atoms with E-state index in [2.05, 4.69) is 4.74 Å². The first-order valence-corrected chi connectivity index (χ1v) is 3.64. The zero-order valence-corrected chi connectivity index (χ0v) is 6.77. The number of hydrogen-bond acceptors (Lipinski definition) is 8. The maximum absolute atomic E-state index is 10.3. The summed E-state index contributed by atoms with van der Waals surface area (Å²) < 4.78 is 4.02. The van der Waals surface area contributed by atoms with Crippen molar-refractivity contribution in [1.82, 2.24) is 0 Å². The molecule has 0 spiro atoms. The van der Waals surface area contributed by atoms with Crippen LogP contribution in [0.4, 0.5) is 0 Å². The third kappa shape index (κ3) is 1.47. The highest BCUT2D eigenvalue weighted by Gasteiger charge is 2.53. The van der Waals surface area contributed by atoms with Crippen LogP contribution in [0.3, 0.4) is 0 Å². The van der Waals surface area contributed by atoms with Crippen LogP contribution in [0.2, 0.25) is 0 Å². The van der Waals surface area contributed by atoms with Gasteiger partial charge in [0.15, 0.2) is 6.29 Å². The highest BCUT2D eigenvalue weighted by molar-refractivity contribution is 5.74. The molecule has 1 rings (SSSR count). The van der Waals surface area contributed by atoms with Gasteiger partial charge in [-0.1, -0.05) is 0 Å². The molecule has 5 N–H and O–H groups in total. The highest BCUT2D eigenvalue weighted by atomic mass is 16.7. The van der Waals surface area contributed by atoms with E-state index < -0.39 is 36.4 Å². The predicted octanol–water partition coefficient (Wildman–Crippen LogP) is -5.14. The van der Waals surface area contributed by atoms with Gasteiger partial charge < -0.3 is 40.2 Å². The second-order valence-corrected chi connectivity index (χ2v) is 2.92. The molecule has 8 nitrogen and oxygen atoms in total. The van der Waals surface area contributed by atoms with Crippen molar-refractivity contribution in [3.8, 4) is 0 Å². The molecule has 5 atom stereocenters. The number of carbonyl (C=O) groups is 1. The molecule has 1 heterocycles. The summed E-state index contributed by atoms with van der Waals surface area (Å²) in [5, 5.41) is 55.3. The van der Waals surface area contributed by atoms with Gasteiger partial charge in [0.1, 0.15) is 24.3 Å². The van der Waals surface area contributed by atoms with Crippen molar-refractivity contribution >= 4 is 5.97 Å². The Morgan fingerprint density at radius 1 is 1.21 bits per heavy atom. The van der Waals surface area contributed by atoms with Gasteiger partial charge in [-0.3, -0.25) is 0 Å². The Morgan fingerprint density at radius 3 is 2.14 bits per heavy atom. The van der Waals surface area contributed by atoms with Gasteiger partial charge in [0.05, 0.1) is 0 Å². The Bertz CT molecular complexity index is 242. The number of aliphatic carboxylic acids is 1. The normalized spacial score (nSPS) is 48.9. The van der Waals surface area contributed by atoms with E-state index in [9.17, 15) is 9.90 Å². The Morgan fingerprint density at radius 2 is 1.71 bits per heavy atom. The van der Waals surface area contributed by atoms with Crippen molar-refractivity contribution in [2.75, 3.05) is 0 Å². The van der Waals surface area contributed by atoms with Crippen LogP contribution in [0.25, 0.3) is 0 Å². The highest BCUT2D eigenvalue weighted by Crippen LogP contribution is 2.26. The smallest absolute Gasteiger partial charge is 0.239 e. The van der Waals surface area contributed by atoms with Gasteiger partial charge in [-0.05, 0) is 0 Å². The molecule has 0 saturated carbocycles. The lowest BCUT2D eigenvalue weighted by Gasteiger charge is -2.44. The molecule has 0 bridgehead atoms. The van der Waals surface area contributed by atoms with E-state index in [0.717, 1.165) is 0 Å². The van der Waals surface area contributed by atoms with Gasteiger partial charge in [-0.25, -0.2) is 0 Å². The molecular formula is C6H9O8-. The zero-order chi connectivity index (χ0) is 11.1. The summed E-state index contributed by atoms with van der Waals surface area (Å²) in [6, 6.07) is 0. The predicted molar refractivity (Wildman–Crippen MR) is 35.1 cm³/mol. The number of carboxylic acid groups (broad SMARTS) is 1. The lowest BCUT2D eigenvalue weighted by Crippen LogP contribution is -2.70. The van der Waals surface area contributed by atoms with Crippen LogP contribution in [-0.2, 0) is 9.53 Å². The SMILES string of the molecule is O=C([O-])C1(O)OC(O)C(O)C(O)C1O. The number of carbonyl (C=O) groups excluding carboxylic acids is 1. The summed E-state index contributed by atoms with van der Waals surface area (Å²) in [5.74, 6) is -5.46. The first-order chi connectivity index (χ1) is 6.30. The topological polar surface area (TPSA) is 151 Å². The number of carboxylic acids is 1. The minimum atomic E-state index is -3.24. The second-order valence-electron chi connectivity index (χ2n) is 2.92. The molecule has 14 heavy (non-hydrogen) atoms. The van der Waals surface area contributed by atoms with Crippen molar-refractivity contribution in [3.63, 3.8) is 0 Å². The van der Waals surface area contributed by atoms with Crippen LogP contribution < -0.4 is 5.11 Å². The van der Waals surface area contributed by atoms with Crippen molar-refractivity contribution in [2.24, 2.45) is 0 Å². The Labute approximate surface area is 77.6 Å². The van der Waals surface area contributed by atoms with E-state index in [1.54, 1.807) is 0 Å². The van der Waals surface area contributed by atoms with E-state index in [4.69, 9.17) is 25.5 Å². The standard InChI is InChI=1S/C6H10O8/c7-1-2(8)4(10)14-6(13,3(1)9)5(11)12/h1-4,7-10,13H,(H,11,12)/p-1. The first kappa shape index (κ1) is 11.3. The van der Waals surface area contributed by atoms with E-state index in [-0.39, 0.29) is 0 Å². The van der Waals surface area contributed by atoms with Gasteiger partial charge in [0.2, 0.25) is 5.79 Å². The van der Waals surface area contributed by atoms with Crippen LogP contribution in [0.5, 0.6) is 0 Å². The summed E-state index contributed by atoms with van der Waals surface area (Å²) in [7, 11) is 0. The number of hydrogen-bond donors (Lipinski definition) is 5. The van der Waals surface area contributed by atoms with Gasteiger partial charge >= 0.3 is 0 Å².